The number of nitrogens with zero attached hydrogens (tertiary/aromatic N) is 1. The minimum atomic E-state index is -0.107. The lowest BCUT2D eigenvalue weighted by Gasteiger charge is -2.58. The van der Waals surface area contributed by atoms with Crippen molar-refractivity contribution in [3.63, 3.8) is 0 Å². The highest BCUT2D eigenvalue weighted by molar-refractivity contribution is 5.91. The van der Waals surface area contributed by atoms with Crippen molar-refractivity contribution in [3.8, 4) is 6.07 Å². The number of hydrogen-bond donors (Lipinski definition) is 0. The molecule has 4 saturated carbocycles. The van der Waals surface area contributed by atoms with Gasteiger partial charge in [0.25, 0.3) is 0 Å². The van der Waals surface area contributed by atoms with Crippen molar-refractivity contribution in [2.45, 2.75) is 65.7 Å². The molecular formula is C23H31NO. The molecule has 0 unspecified atom stereocenters. The summed E-state index contributed by atoms with van der Waals surface area (Å²) in [5, 5.41) is 10.1. The highest BCUT2D eigenvalue weighted by atomic mass is 16.1. The Morgan fingerprint density at radius 2 is 2.08 bits per heavy atom. The number of allylic oxidation sites excluding steroid dienone is 1. The summed E-state index contributed by atoms with van der Waals surface area (Å²) >= 11 is 0. The molecule has 25 heavy (non-hydrogen) atoms. The van der Waals surface area contributed by atoms with E-state index in [0.717, 1.165) is 48.9 Å². The van der Waals surface area contributed by atoms with Gasteiger partial charge in [0, 0.05) is 6.42 Å². The zero-order chi connectivity index (χ0) is 17.6. The summed E-state index contributed by atoms with van der Waals surface area (Å²) in [7, 11) is 0. The molecule has 134 valence electrons. The fourth-order valence-corrected chi connectivity index (χ4v) is 8.33. The van der Waals surface area contributed by atoms with E-state index in [4.69, 9.17) is 0 Å². The lowest BCUT2D eigenvalue weighted by Crippen LogP contribution is -2.53. The van der Waals surface area contributed by atoms with Gasteiger partial charge in [0.2, 0.25) is 0 Å². The molecule has 0 radical (unpaired) electrons. The van der Waals surface area contributed by atoms with Crippen LogP contribution in [0.5, 0.6) is 0 Å². The molecule has 2 heteroatoms. The predicted octanol–water partition coefficient (Wildman–Crippen LogP) is 5.15. The lowest BCUT2D eigenvalue weighted by molar-refractivity contribution is -0.117. The maximum absolute atomic E-state index is 12.0. The first-order valence-corrected chi connectivity index (χ1v) is 10.6. The maximum Gasteiger partial charge on any atom is 0.155 e. The molecular weight excluding hydrogens is 306 g/mol. The van der Waals surface area contributed by atoms with Crippen molar-refractivity contribution < 1.29 is 4.79 Å². The van der Waals surface area contributed by atoms with Gasteiger partial charge in [-0.2, -0.15) is 5.26 Å². The molecule has 4 fully saturated rings. The Labute approximate surface area is 152 Å². The van der Waals surface area contributed by atoms with E-state index in [1.807, 2.05) is 6.08 Å². The SMILES string of the molecule is CC[C@@H]1CC2=CC(=O)CC[C@@H]2[C@H]2CC[C@@]3(C)[C@@H]([C@@H]4C[C@@H]4[C@]3(C)C#N)[C@H]12. The Kier molecular flexibility index (Phi) is 3.22. The van der Waals surface area contributed by atoms with Crippen LogP contribution in [0, 0.1) is 63.6 Å². The Morgan fingerprint density at radius 1 is 1.28 bits per heavy atom. The van der Waals surface area contributed by atoms with Gasteiger partial charge in [0.1, 0.15) is 0 Å². The van der Waals surface area contributed by atoms with Gasteiger partial charge in [-0.1, -0.05) is 25.8 Å². The standard InChI is InChI=1S/C23H31NO/c1-4-13-9-14-10-15(25)5-6-16(14)17-7-8-22(2)21(20(13)17)18-11-19(18)23(22,3)12-24/h10,13,16-21H,4-9,11H2,1-3H3/t13-,16+,17-,18-,19+,20-,21+,22+,23+/m1/s1. The van der Waals surface area contributed by atoms with Gasteiger partial charge in [0.05, 0.1) is 11.5 Å². The number of hydrogen-bond acceptors (Lipinski definition) is 2. The van der Waals surface area contributed by atoms with Crippen LogP contribution >= 0.6 is 0 Å². The molecule has 2 nitrogen and oxygen atoms in total. The van der Waals surface area contributed by atoms with Crippen molar-refractivity contribution in [2.75, 3.05) is 0 Å². The minimum Gasteiger partial charge on any atom is -0.295 e. The van der Waals surface area contributed by atoms with E-state index in [1.165, 1.54) is 31.3 Å². The zero-order valence-corrected chi connectivity index (χ0v) is 15.9. The third-order valence-corrected chi connectivity index (χ3v) is 9.71. The zero-order valence-electron chi connectivity index (χ0n) is 15.9. The highest BCUT2D eigenvalue weighted by Crippen LogP contribution is 2.79. The van der Waals surface area contributed by atoms with Gasteiger partial charge in [-0.25, -0.2) is 0 Å². The molecule has 0 saturated heterocycles. The molecule has 0 heterocycles. The number of carbonyl (C=O) groups is 1. The van der Waals surface area contributed by atoms with Crippen LogP contribution in [0.1, 0.15) is 65.7 Å². The summed E-state index contributed by atoms with van der Waals surface area (Å²) < 4.78 is 0. The van der Waals surface area contributed by atoms with Gasteiger partial charge in [0.15, 0.2) is 5.78 Å². The van der Waals surface area contributed by atoms with Crippen LogP contribution in [-0.4, -0.2) is 5.78 Å². The second-order valence-electron chi connectivity index (χ2n) is 10.2. The normalized spacial score (nSPS) is 56.0. The van der Waals surface area contributed by atoms with Crippen LogP contribution < -0.4 is 0 Å². The van der Waals surface area contributed by atoms with Crippen LogP contribution in [0.4, 0.5) is 0 Å². The molecule has 5 aliphatic rings. The Morgan fingerprint density at radius 3 is 2.80 bits per heavy atom. The van der Waals surface area contributed by atoms with Crippen LogP contribution in [0.3, 0.4) is 0 Å². The second kappa shape index (κ2) is 4.99. The Hall–Kier alpha value is -1.10. The lowest BCUT2D eigenvalue weighted by atomic mass is 9.45. The molecule has 0 aromatic rings. The molecule has 9 atom stereocenters. The molecule has 0 aromatic carbocycles. The van der Waals surface area contributed by atoms with E-state index in [0.29, 0.717) is 17.6 Å². The van der Waals surface area contributed by atoms with Gasteiger partial charge in [-0.15, -0.1) is 0 Å². The summed E-state index contributed by atoms with van der Waals surface area (Å²) in [6.07, 6.45) is 10.1. The third kappa shape index (κ3) is 1.83. The van der Waals surface area contributed by atoms with Gasteiger partial charge in [-0.3, -0.25) is 4.79 Å². The largest absolute Gasteiger partial charge is 0.295 e. The topological polar surface area (TPSA) is 40.9 Å². The van der Waals surface area contributed by atoms with Crippen molar-refractivity contribution in [2.24, 2.45) is 52.3 Å². The molecule has 0 aromatic heterocycles. The molecule has 5 aliphatic carbocycles. The van der Waals surface area contributed by atoms with Crippen molar-refractivity contribution >= 4 is 5.78 Å². The van der Waals surface area contributed by atoms with E-state index in [9.17, 15) is 10.1 Å². The monoisotopic (exact) mass is 337 g/mol. The van der Waals surface area contributed by atoms with E-state index in [2.05, 4.69) is 26.8 Å². The van der Waals surface area contributed by atoms with Crippen LogP contribution in [0.15, 0.2) is 11.6 Å². The summed E-state index contributed by atoms with van der Waals surface area (Å²) in [5.41, 5.74) is 1.60. The van der Waals surface area contributed by atoms with Gasteiger partial charge >= 0.3 is 0 Å². The predicted molar refractivity (Wildman–Crippen MR) is 97.3 cm³/mol. The first-order chi connectivity index (χ1) is 11.9. The van der Waals surface area contributed by atoms with Crippen LogP contribution in [0.25, 0.3) is 0 Å². The average molecular weight is 338 g/mol. The van der Waals surface area contributed by atoms with Crippen molar-refractivity contribution in [1.29, 1.82) is 5.26 Å². The average Bonchev–Trinajstić information content (AvgIpc) is 3.36. The number of fused-ring (bicyclic) bond motifs is 7. The first kappa shape index (κ1) is 16.1. The summed E-state index contributed by atoms with van der Waals surface area (Å²) in [4.78, 5) is 12.0. The number of ketones is 1. The highest BCUT2D eigenvalue weighted by Gasteiger charge is 2.75. The maximum atomic E-state index is 12.0. The van der Waals surface area contributed by atoms with E-state index >= 15 is 0 Å². The van der Waals surface area contributed by atoms with Gasteiger partial charge in [-0.05, 0) is 91.9 Å². The Balaban J connectivity index is 1.57. The number of carbonyl (C=O) groups excluding carboxylic acids is 1. The number of nitriles is 1. The number of rotatable bonds is 1. The quantitative estimate of drug-likeness (QED) is 0.664. The summed E-state index contributed by atoms with van der Waals surface area (Å²) in [6.45, 7) is 7.10. The summed E-state index contributed by atoms with van der Waals surface area (Å²) in [6, 6.07) is 2.81. The Bertz CT molecular complexity index is 701. The van der Waals surface area contributed by atoms with Crippen molar-refractivity contribution in [1.82, 2.24) is 0 Å². The molecule has 5 rings (SSSR count). The first-order valence-electron chi connectivity index (χ1n) is 10.6. The fourth-order valence-electron chi connectivity index (χ4n) is 8.33. The summed E-state index contributed by atoms with van der Waals surface area (Å²) in [5.74, 6) is 5.56. The van der Waals surface area contributed by atoms with E-state index in [-0.39, 0.29) is 10.8 Å². The molecule has 0 aliphatic heterocycles. The second-order valence-corrected chi connectivity index (χ2v) is 10.2. The smallest absolute Gasteiger partial charge is 0.155 e. The minimum absolute atomic E-state index is 0.107. The molecule has 0 bridgehead atoms. The van der Waals surface area contributed by atoms with Crippen LogP contribution in [-0.2, 0) is 4.79 Å². The fraction of sp³-hybridized carbons (Fsp3) is 0.826. The van der Waals surface area contributed by atoms with Gasteiger partial charge < -0.3 is 0 Å². The molecule has 0 N–H and O–H groups in total. The van der Waals surface area contributed by atoms with E-state index < -0.39 is 0 Å². The molecule has 0 amide bonds. The van der Waals surface area contributed by atoms with Crippen molar-refractivity contribution in [3.05, 3.63) is 11.6 Å². The molecule has 0 spiro atoms. The third-order valence-electron chi connectivity index (χ3n) is 9.71. The van der Waals surface area contributed by atoms with Crippen LogP contribution in [0.2, 0.25) is 0 Å². The van der Waals surface area contributed by atoms with E-state index in [1.54, 1.807) is 0 Å².